The van der Waals surface area contributed by atoms with E-state index in [4.69, 9.17) is 15.2 Å². The Morgan fingerprint density at radius 2 is 2.13 bits per heavy atom. The first-order valence-electron chi connectivity index (χ1n) is 5.06. The monoisotopic (exact) mass is 210 g/mol. The average molecular weight is 210 g/mol. The molecule has 1 aromatic rings. The molecule has 0 spiro atoms. The van der Waals surface area contributed by atoms with Crippen LogP contribution < -0.4 is 10.5 Å². The molecular formula is C11H18N2O2. The van der Waals surface area contributed by atoms with Gasteiger partial charge < -0.3 is 15.2 Å². The van der Waals surface area contributed by atoms with Crippen molar-refractivity contribution in [2.45, 2.75) is 26.9 Å². The van der Waals surface area contributed by atoms with Crippen LogP contribution in [-0.2, 0) is 4.74 Å². The maximum atomic E-state index is 5.64. The predicted octanol–water partition coefficient (Wildman–Crippen LogP) is 1.78. The van der Waals surface area contributed by atoms with Gasteiger partial charge in [-0.05, 0) is 26.3 Å². The van der Waals surface area contributed by atoms with Crippen LogP contribution in [-0.4, -0.2) is 24.3 Å². The third-order valence-electron chi connectivity index (χ3n) is 1.91. The molecule has 1 aromatic heterocycles. The Morgan fingerprint density at radius 3 is 2.73 bits per heavy atom. The van der Waals surface area contributed by atoms with Crippen molar-refractivity contribution in [3.05, 3.63) is 17.8 Å². The van der Waals surface area contributed by atoms with Gasteiger partial charge in [-0.25, -0.2) is 4.98 Å². The third-order valence-corrected chi connectivity index (χ3v) is 1.91. The number of anilines is 1. The third kappa shape index (κ3) is 4.16. The molecule has 0 aromatic carbocycles. The lowest BCUT2D eigenvalue weighted by Gasteiger charge is -2.09. The van der Waals surface area contributed by atoms with E-state index < -0.39 is 0 Å². The van der Waals surface area contributed by atoms with Crippen molar-refractivity contribution in [2.75, 3.05) is 18.9 Å². The second-order valence-corrected chi connectivity index (χ2v) is 3.65. The predicted molar refractivity (Wildman–Crippen MR) is 60.0 cm³/mol. The van der Waals surface area contributed by atoms with E-state index >= 15 is 0 Å². The fraction of sp³-hybridized carbons (Fsp3) is 0.545. The first-order chi connectivity index (χ1) is 7.09. The van der Waals surface area contributed by atoms with Crippen molar-refractivity contribution >= 4 is 5.69 Å². The van der Waals surface area contributed by atoms with Crippen LogP contribution in [0.1, 0.15) is 19.4 Å². The van der Waals surface area contributed by atoms with E-state index in [1.807, 2.05) is 26.8 Å². The molecule has 15 heavy (non-hydrogen) atoms. The van der Waals surface area contributed by atoms with E-state index in [1.54, 1.807) is 6.20 Å². The van der Waals surface area contributed by atoms with Crippen molar-refractivity contribution in [2.24, 2.45) is 0 Å². The van der Waals surface area contributed by atoms with E-state index in [0.717, 1.165) is 5.56 Å². The van der Waals surface area contributed by atoms with Gasteiger partial charge in [-0.2, -0.15) is 0 Å². The number of aryl methyl sites for hydroxylation is 1. The lowest BCUT2D eigenvalue weighted by molar-refractivity contribution is 0.0542. The van der Waals surface area contributed by atoms with Crippen LogP contribution >= 0.6 is 0 Å². The molecule has 1 heterocycles. The van der Waals surface area contributed by atoms with Gasteiger partial charge in [0.25, 0.3) is 0 Å². The molecule has 0 unspecified atom stereocenters. The summed E-state index contributed by atoms with van der Waals surface area (Å²) < 4.78 is 10.7. The Hall–Kier alpha value is -1.29. The van der Waals surface area contributed by atoms with Crippen molar-refractivity contribution in [3.63, 3.8) is 0 Å². The van der Waals surface area contributed by atoms with Crippen molar-refractivity contribution in [1.82, 2.24) is 4.98 Å². The standard InChI is InChI=1S/C11H18N2O2/c1-8(2)14-4-5-15-11-6-9(3)10(12)7-13-11/h6-8H,4-5,12H2,1-3H3. The smallest absolute Gasteiger partial charge is 0.213 e. The summed E-state index contributed by atoms with van der Waals surface area (Å²) in [5.74, 6) is 0.592. The van der Waals surface area contributed by atoms with Crippen LogP contribution in [0, 0.1) is 6.92 Å². The maximum Gasteiger partial charge on any atom is 0.213 e. The minimum Gasteiger partial charge on any atom is -0.475 e. The molecule has 0 bridgehead atoms. The molecule has 0 saturated carbocycles. The largest absolute Gasteiger partial charge is 0.475 e. The molecule has 4 nitrogen and oxygen atoms in total. The van der Waals surface area contributed by atoms with Gasteiger partial charge in [-0.1, -0.05) is 0 Å². The van der Waals surface area contributed by atoms with Gasteiger partial charge >= 0.3 is 0 Å². The highest BCUT2D eigenvalue weighted by Gasteiger charge is 1.99. The number of nitrogen functional groups attached to an aromatic ring is 1. The highest BCUT2D eigenvalue weighted by molar-refractivity contribution is 5.45. The minimum absolute atomic E-state index is 0.231. The fourth-order valence-corrected chi connectivity index (χ4v) is 1.05. The Kier molecular flexibility index (Phi) is 4.37. The van der Waals surface area contributed by atoms with E-state index in [1.165, 1.54) is 0 Å². The van der Waals surface area contributed by atoms with Gasteiger partial charge in [0.05, 0.1) is 24.6 Å². The Balaban J connectivity index is 2.35. The van der Waals surface area contributed by atoms with Crippen LogP contribution in [0.3, 0.4) is 0 Å². The minimum atomic E-state index is 0.231. The first-order valence-corrected chi connectivity index (χ1v) is 5.06. The van der Waals surface area contributed by atoms with Crippen molar-refractivity contribution in [1.29, 1.82) is 0 Å². The number of nitrogens with two attached hydrogens (primary N) is 1. The second kappa shape index (κ2) is 5.56. The average Bonchev–Trinajstić information content (AvgIpc) is 2.18. The van der Waals surface area contributed by atoms with Gasteiger partial charge in [0, 0.05) is 6.07 Å². The molecule has 0 saturated heterocycles. The Morgan fingerprint density at radius 1 is 1.40 bits per heavy atom. The fourth-order valence-electron chi connectivity index (χ4n) is 1.05. The normalized spacial score (nSPS) is 10.7. The van der Waals surface area contributed by atoms with E-state index in [-0.39, 0.29) is 6.10 Å². The molecule has 0 fully saturated rings. The van der Waals surface area contributed by atoms with Gasteiger partial charge in [0.15, 0.2) is 0 Å². The van der Waals surface area contributed by atoms with Crippen molar-refractivity contribution in [3.8, 4) is 5.88 Å². The van der Waals surface area contributed by atoms with Crippen LogP contribution in [0.4, 0.5) is 5.69 Å². The number of ether oxygens (including phenoxy) is 2. The van der Waals surface area contributed by atoms with Crippen LogP contribution in [0.15, 0.2) is 12.3 Å². The molecule has 0 atom stereocenters. The summed E-state index contributed by atoms with van der Waals surface area (Å²) in [6.07, 6.45) is 1.84. The number of pyridine rings is 1. The summed E-state index contributed by atoms with van der Waals surface area (Å²) in [6.45, 7) is 6.99. The van der Waals surface area contributed by atoms with Crippen LogP contribution in [0.5, 0.6) is 5.88 Å². The molecule has 0 aliphatic carbocycles. The zero-order valence-electron chi connectivity index (χ0n) is 9.49. The lowest BCUT2D eigenvalue weighted by Crippen LogP contribution is -2.11. The molecule has 1 rings (SSSR count). The number of aromatic nitrogens is 1. The van der Waals surface area contributed by atoms with Crippen molar-refractivity contribution < 1.29 is 9.47 Å². The van der Waals surface area contributed by atoms with E-state index in [0.29, 0.717) is 24.8 Å². The highest BCUT2D eigenvalue weighted by atomic mass is 16.5. The summed E-state index contributed by atoms with van der Waals surface area (Å²) in [5.41, 5.74) is 7.30. The summed E-state index contributed by atoms with van der Waals surface area (Å²) >= 11 is 0. The van der Waals surface area contributed by atoms with E-state index in [2.05, 4.69) is 4.98 Å². The molecule has 0 amide bonds. The van der Waals surface area contributed by atoms with Gasteiger partial charge in [0.1, 0.15) is 6.61 Å². The first kappa shape index (κ1) is 11.8. The maximum absolute atomic E-state index is 5.64. The summed E-state index contributed by atoms with van der Waals surface area (Å²) in [6, 6.07) is 1.82. The topological polar surface area (TPSA) is 57.4 Å². The molecular weight excluding hydrogens is 192 g/mol. The number of rotatable bonds is 5. The molecule has 0 aliphatic rings. The zero-order valence-corrected chi connectivity index (χ0v) is 9.49. The lowest BCUT2D eigenvalue weighted by atomic mass is 10.2. The summed E-state index contributed by atoms with van der Waals surface area (Å²) in [5, 5.41) is 0. The summed E-state index contributed by atoms with van der Waals surface area (Å²) in [7, 11) is 0. The second-order valence-electron chi connectivity index (χ2n) is 3.65. The van der Waals surface area contributed by atoms with Crippen LogP contribution in [0.25, 0.3) is 0 Å². The van der Waals surface area contributed by atoms with E-state index in [9.17, 15) is 0 Å². The van der Waals surface area contributed by atoms with Gasteiger partial charge in [-0.3, -0.25) is 0 Å². The molecule has 0 radical (unpaired) electrons. The molecule has 0 aliphatic heterocycles. The quantitative estimate of drug-likeness (QED) is 0.752. The van der Waals surface area contributed by atoms with Gasteiger partial charge in [0.2, 0.25) is 5.88 Å². The van der Waals surface area contributed by atoms with Crippen LogP contribution in [0.2, 0.25) is 0 Å². The SMILES string of the molecule is Cc1cc(OCCOC(C)C)ncc1N. The Bertz CT molecular complexity index is 313. The number of hydrogen-bond donors (Lipinski definition) is 1. The van der Waals surface area contributed by atoms with Gasteiger partial charge in [-0.15, -0.1) is 0 Å². The Labute approximate surface area is 90.4 Å². The molecule has 4 heteroatoms. The zero-order chi connectivity index (χ0) is 11.3. The molecule has 84 valence electrons. The number of hydrogen-bond acceptors (Lipinski definition) is 4. The summed E-state index contributed by atoms with van der Waals surface area (Å²) in [4.78, 5) is 4.05. The molecule has 2 N–H and O–H groups in total. The highest BCUT2D eigenvalue weighted by Crippen LogP contribution is 2.14. The number of nitrogens with zero attached hydrogens (tertiary/aromatic N) is 1.